The summed E-state index contributed by atoms with van der Waals surface area (Å²) in [4.78, 5) is 0. The molecule has 1 aromatic carbocycles. The molecule has 2 rings (SSSR count). The van der Waals surface area contributed by atoms with Crippen LogP contribution in [0.1, 0.15) is 5.56 Å². The van der Waals surface area contributed by atoms with Crippen LogP contribution < -0.4 is 5.43 Å². The predicted molar refractivity (Wildman–Crippen MR) is 68.5 cm³/mol. The quantitative estimate of drug-likeness (QED) is 0.622. The van der Waals surface area contributed by atoms with Gasteiger partial charge in [0.15, 0.2) is 0 Å². The van der Waals surface area contributed by atoms with Gasteiger partial charge in [-0.2, -0.15) is 18.3 Å². The molecular weight excluding hydrogens is 255 g/mol. The number of alkyl halides is 3. The Bertz CT molecular complexity index is 566. The van der Waals surface area contributed by atoms with Gasteiger partial charge in [0.2, 0.25) is 0 Å². The number of hydrazone groups is 1. The Balaban J connectivity index is 2.09. The lowest BCUT2D eigenvalue weighted by molar-refractivity contribution is -0.137. The summed E-state index contributed by atoms with van der Waals surface area (Å²) in [5.41, 5.74) is 2.99. The highest BCUT2D eigenvalue weighted by molar-refractivity contribution is 6.50. The fourth-order valence-electron chi connectivity index (χ4n) is 1.43. The highest BCUT2D eigenvalue weighted by Gasteiger charge is 2.29. The number of hydrogen-bond donors (Lipinski definition) is 2. The summed E-state index contributed by atoms with van der Waals surface area (Å²) < 4.78 is 37.1. The number of benzene rings is 1. The molecule has 0 heterocycles. The Morgan fingerprint density at radius 2 is 1.63 bits per heavy atom. The summed E-state index contributed by atoms with van der Waals surface area (Å²) in [7, 11) is 0. The molecule has 0 fully saturated rings. The molecule has 98 valence electrons. The van der Waals surface area contributed by atoms with Crippen molar-refractivity contribution in [3.8, 4) is 0 Å². The van der Waals surface area contributed by atoms with Crippen LogP contribution in [0, 0.1) is 5.41 Å². The first-order chi connectivity index (χ1) is 8.97. The molecule has 0 spiro atoms. The highest BCUT2D eigenvalue weighted by atomic mass is 19.4. The van der Waals surface area contributed by atoms with Gasteiger partial charge in [0.1, 0.15) is 5.71 Å². The number of halogens is 3. The topological polar surface area (TPSA) is 48.2 Å². The second-order valence-corrected chi connectivity index (χ2v) is 3.82. The fourth-order valence-corrected chi connectivity index (χ4v) is 1.43. The molecule has 0 atom stereocenters. The lowest BCUT2D eigenvalue weighted by Crippen LogP contribution is -2.11. The first kappa shape index (κ1) is 13.1. The number of nitrogens with one attached hydrogen (secondary N) is 2. The summed E-state index contributed by atoms with van der Waals surface area (Å²) in [5, 5.41) is 11.5. The minimum atomic E-state index is -4.34. The summed E-state index contributed by atoms with van der Waals surface area (Å²) in [6.45, 7) is 0. The molecule has 19 heavy (non-hydrogen) atoms. The average molecular weight is 265 g/mol. The zero-order valence-corrected chi connectivity index (χ0v) is 9.70. The van der Waals surface area contributed by atoms with Gasteiger partial charge in [-0.05, 0) is 36.4 Å². The van der Waals surface area contributed by atoms with Crippen LogP contribution in [0.4, 0.5) is 18.9 Å². The monoisotopic (exact) mass is 265 g/mol. The summed E-state index contributed by atoms with van der Waals surface area (Å²) in [5.74, 6) is 0. The van der Waals surface area contributed by atoms with Crippen molar-refractivity contribution in [2.24, 2.45) is 5.10 Å². The Hall–Kier alpha value is -2.37. The first-order valence-electron chi connectivity index (χ1n) is 5.41. The molecule has 0 saturated heterocycles. The molecule has 1 aromatic rings. The SMILES string of the molecule is N=C1C=CC=C/C1=N/Nc1ccc(C(F)(F)F)cc1. The number of hydrogen-bond acceptors (Lipinski definition) is 3. The molecule has 6 heteroatoms. The smallest absolute Gasteiger partial charge is 0.299 e. The molecule has 0 bridgehead atoms. The van der Waals surface area contributed by atoms with E-state index in [0.29, 0.717) is 11.4 Å². The third-order valence-electron chi connectivity index (χ3n) is 2.42. The van der Waals surface area contributed by atoms with Crippen LogP contribution in [0.2, 0.25) is 0 Å². The van der Waals surface area contributed by atoms with E-state index in [4.69, 9.17) is 5.41 Å². The molecule has 1 aliphatic carbocycles. The molecule has 1 aliphatic rings. The minimum Gasteiger partial charge on any atom is -0.299 e. The minimum absolute atomic E-state index is 0.238. The molecule has 0 saturated carbocycles. The van der Waals surface area contributed by atoms with E-state index in [1.807, 2.05) is 0 Å². The molecule has 0 unspecified atom stereocenters. The highest BCUT2D eigenvalue weighted by Crippen LogP contribution is 2.29. The molecule has 0 radical (unpaired) electrons. The van der Waals surface area contributed by atoms with E-state index >= 15 is 0 Å². The summed E-state index contributed by atoms with van der Waals surface area (Å²) in [6.07, 6.45) is 2.31. The van der Waals surface area contributed by atoms with E-state index < -0.39 is 11.7 Å². The standard InChI is InChI=1S/C13H10F3N3/c14-13(15,16)9-5-7-10(8-6-9)18-19-12-4-2-1-3-11(12)17/h1-8,17-18H/b17-11?,19-12-. The van der Waals surface area contributed by atoms with Crippen molar-refractivity contribution in [2.75, 3.05) is 5.43 Å². The number of nitrogens with zero attached hydrogens (tertiary/aromatic N) is 1. The molecule has 0 amide bonds. The van der Waals surface area contributed by atoms with Crippen molar-refractivity contribution in [3.63, 3.8) is 0 Å². The Kier molecular flexibility index (Phi) is 3.50. The normalized spacial score (nSPS) is 17.0. The van der Waals surface area contributed by atoms with E-state index in [9.17, 15) is 13.2 Å². The van der Waals surface area contributed by atoms with Gasteiger partial charge in [0.25, 0.3) is 0 Å². The summed E-state index contributed by atoms with van der Waals surface area (Å²) >= 11 is 0. The van der Waals surface area contributed by atoms with Crippen molar-refractivity contribution < 1.29 is 13.2 Å². The van der Waals surface area contributed by atoms with Gasteiger partial charge in [-0.3, -0.25) is 10.8 Å². The van der Waals surface area contributed by atoms with Crippen molar-refractivity contribution in [1.29, 1.82) is 5.41 Å². The lowest BCUT2D eigenvalue weighted by atomic mass is 10.1. The number of allylic oxidation sites excluding steroid dienone is 4. The number of rotatable bonds is 2. The Morgan fingerprint density at radius 1 is 1.00 bits per heavy atom. The van der Waals surface area contributed by atoms with E-state index in [1.165, 1.54) is 12.1 Å². The second kappa shape index (κ2) is 5.09. The van der Waals surface area contributed by atoms with Crippen LogP contribution in [-0.2, 0) is 6.18 Å². The van der Waals surface area contributed by atoms with Gasteiger partial charge < -0.3 is 0 Å². The predicted octanol–water partition coefficient (Wildman–Crippen LogP) is 3.62. The zero-order chi connectivity index (χ0) is 13.9. The Labute approximate surface area is 107 Å². The van der Waals surface area contributed by atoms with Gasteiger partial charge in [-0.25, -0.2) is 0 Å². The third kappa shape index (κ3) is 3.31. The molecule has 3 nitrogen and oxygen atoms in total. The third-order valence-corrected chi connectivity index (χ3v) is 2.42. The van der Waals surface area contributed by atoms with E-state index in [2.05, 4.69) is 10.5 Å². The van der Waals surface area contributed by atoms with Gasteiger partial charge in [-0.1, -0.05) is 12.2 Å². The largest absolute Gasteiger partial charge is 0.416 e. The van der Waals surface area contributed by atoms with E-state index in [-0.39, 0.29) is 5.71 Å². The van der Waals surface area contributed by atoms with Gasteiger partial charge in [-0.15, -0.1) is 0 Å². The van der Waals surface area contributed by atoms with Gasteiger partial charge >= 0.3 is 6.18 Å². The second-order valence-electron chi connectivity index (χ2n) is 3.82. The molecule has 0 aromatic heterocycles. The van der Waals surface area contributed by atoms with Crippen LogP contribution in [0.3, 0.4) is 0 Å². The molecular formula is C13H10F3N3. The van der Waals surface area contributed by atoms with Crippen LogP contribution in [0.5, 0.6) is 0 Å². The zero-order valence-electron chi connectivity index (χ0n) is 9.70. The average Bonchev–Trinajstić information content (AvgIpc) is 2.37. The van der Waals surface area contributed by atoms with Crippen LogP contribution in [0.15, 0.2) is 53.7 Å². The van der Waals surface area contributed by atoms with E-state index in [0.717, 1.165) is 12.1 Å². The molecule has 0 aliphatic heterocycles. The van der Waals surface area contributed by atoms with Gasteiger partial charge in [0.05, 0.1) is 17.0 Å². The maximum Gasteiger partial charge on any atom is 0.416 e. The molecule has 2 N–H and O–H groups in total. The van der Waals surface area contributed by atoms with Gasteiger partial charge in [0, 0.05) is 0 Å². The maximum absolute atomic E-state index is 12.4. The van der Waals surface area contributed by atoms with Crippen molar-refractivity contribution in [3.05, 3.63) is 54.1 Å². The number of anilines is 1. The lowest BCUT2D eigenvalue weighted by Gasteiger charge is -2.08. The van der Waals surface area contributed by atoms with E-state index in [1.54, 1.807) is 24.3 Å². The van der Waals surface area contributed by atoms with Crippen LogP contribution in [-0.4, -0.2) is 11.4 Å². The first-order valence-corrected chi connectivity index (χ1v) is 5.41. The summed E-state index contributed by atoms with van der Waals surface area (Å²) in [6, 6.07) is 4.53. The Morgan fingerprint density at radius 3 is 2.21 bits per heavy atom. The van der Waals surface area contributed by atoms with Crippen molar-refractivity contribution in [1.82, 2.24) is 0 Å². The van der Waals surface area contributed by atoms with Crippen molar-refractivity contribution in [2.45, 2.75) is 6.18 Å². The van der Waals surface area contributed by atoms with Crippen LogP contribution >= 0.6 is 0 Å². The van der Waals surface area contributed by atoms with Crippen molar-refractivity contribution >= 4 is 17.1 Å². The fraction of sp³-hybridized carbons (Fsp3) is 0.0769. The maximum atomic E-state index is 12.4. The van der Waals surface area contributed by atoms with Crippen LogP contribution in [0.25, 0.3) is 0 Å².